The summed E-state index contributed by atoms with van der Waals surface area (Å²) in [6.07, 6.45) is 3.43. The monoisotopic (exact) mass is 323 g/mol. The van der Waals surface area contributed by atoms with Crippen molar-refractivity contribution in [3.63, 3.8) is 0 Å². The van der Waals surface area contributed by atoms with E-state index in [0.29, 0.717) is 11.3 Å². The molecule has 0 radical (unpaired) electrons. The van der Waals surface area contributed by atoms with Crippen molar-refractivity contribution >= 4 is 5.91 Å². The molecule has 1 fully saturated rings. The number of rotatable bonds is 4. The Hall–Kier alpha value is -2.74. The van der Waals surface area contributed by atoms with E-state index in [-0.39, 0.29) is 11.9 Å². The van der Waals surface area contributed by atoms with Crippen LogP contribution in [0.25, 0.3) is 0 Å². The van der Waals surface area contributed by atoms with Crippen LogP contribution in [0.4, 0.5) is 0 Å². The zero-order valence-corrected chi connectivity index (χ0v) is 14.0. The first-order valence-electron chi connectivity index (χ1n) is 8.18. The molecular formula is C19H21N3O2. The molecule has 5 heteroatoms. The molecule has 1 aliphatic rings. The summed E-state index contributed by atoms with van der Waals surface area (Å²) in [6, 6.07) is 13.1. The van der Waals surface area contributed by atoms with E-state index >= 15 is 0 Å². The second-order valence-electron chi connectivity index (χ2n) is 6.13. The van der Waals surface area contributed by atoms with Gasteiger partial charge in [0.05, 0.1) is 17.7 Å². The number of likely N-dealkylation sites (tertiary alicyclic amines) is 1. The quantitative estimate of drug-likeness (QED) is 0.869. The normalized spacial score (nSPS) is 18.2. The average Bonchev–Trinajstić information content (AvgIpc) is 3.23. The maximum absolute atomic E-state index is 12.8. The van der Waals surface area contributed by atoms with E-state index in [2.05, 4.69) is 16.7 Å². The summed E-state index contributed by atoms with van der Waals surface area (Å²) in [6.45, 7) is 2.54. The fourth-order valence-electron chi connectivity index (χ4n) is 3.25. The number of carbonyl (C=O) groups excluding carboxylic acids is 1. The molecule has 0 unspecified atom stereocenters. The van der Waals surface area contributed by atoms with Crippen LogP contribution in [-0.4, -0.2) is 28.0 Å². The van der Waals surface area contributed by atoms with Gasteiger partial charge in [0.1, 0.15) is 5.75 Å². The highest BCUT2D eigenvalue weighted by molar-refractivity contribution is 5.81. The minimum Gasteiger partial charge on any atom is -0.481 e. The topological polar surface area (TPSA) is 58.3 Å². The molecule has 0 saturated carbocycles. The summed E-state index contributed by atoms with van der Waals surface area (Å²) in [4.78, 5) is 14.7. The summed E-state index contributed by atoms with van der Waals surface area (Å²) in [5, 5.41) is 8.83. The van der Waals surface area contributed by atoms with Gasteiger partial charge in [0, 0.05) is 25.5 Å². The van der Waals surface area contributed by atoms with Gasteiger partial charge >= 0.3 is 0 Å². The molecule has 2 heterocycles. The summed E-state index contributed by atoms with van der Waals surface area (Å²) >= 11 is 0. The van der Waals surface area contributed by atoms with Crippen LogP contribution in [0.5, 0.6) is 5.75 Å². The zero-order valence-electron chi connectivity index (χ0n) is 14.0. The lowest BCUT2D eigenvalue weighted by atomic mass is 10.1. The highest BCUT2D eigenvalue weighted by Gasteiger charge is 2.34. The third kappa shape index (κ3) is 3.13. The molecule has 5 nitrogen and oxygen atoms in total. The van der Waals surface area contributed by atoms with Crippen LogP contribution in [0, 0.1) is 11.3 Å². The maximum Gasteiger partial charge on any atom is 0.263 e. The molecule has 0 bridgehead atoms. The van der Waals surface area contributed by atoms with Crippen molar-refractivity contribution in [1.29, 1.82) is 5.26 Å². The highest BCUT2D eigenvalue weighted by atomic mass is 16.5. The Kier molecular flexibility index (Phi) is 4.57. The molecule has 2 atom stereocenters. The van der Waals surface area contributed by atoms with Crippen LogP contribution < -0.4 is 4.74 Å². The lowest BCUT2D eigenvalue weighted by Crippen LogP contribution is -2.40. The van der Waals surface area contributed by atoms with Crippen molar-refractivity contribution in [1.82, 2.24) is 9.47 Å². The number of amides is 1. The van der Waals surface area contributed by atoms with Gasteiger partial charge < -0.3 is 14.2 Å². The molecule has 0 spiro atoms. The predicted molar refractivity (Wildman–Crippen MR) is 90.3 cm³/mol. The number of benzene rings is 1. The Bertz CT molecular complexity index is 758. The molecule has 0 N–H and O–H groups in total. The largest absolute Gasteiger partial charge is 0.481 e. The third-order valence-electron chi connectivity index (χ3n) is 4.51. The molecule has 1 aromatic carbocycles. The smallest absolute Gasteiger partial charge is 0.263 e. The predicted octanol–water partition coefficient (Wildman–Crippen LogP) is 3.03. The van der Waals surface area contributed by atoms with Gasteiger partial charge in [0.2, 0.25) is 0 Å². The van der Waals surface area contributed by atoms with Gasteiger partial charge in [-0.1, -0.05) is 0 Å². The first-order chi connectivity index (χ1) is 11.6. The number of ether oxygens (including phenoxy) is 1. The molecule has 24 heavy (non-hydrogen) atoms. The Balaban J connectivity index is 1.70. The minimum absolute atomic E-state index is 0.00283. The summed E-state index contributed by atoms with van der Waals surface area (Å²) in [5.41, 5.74) is 1.73. The Morgan fingerprint density at radius 1 is 1.33 bits per heavy atom. The van der Waals surface area contributed by atoms with Crippen molar-refractivity contribution < 1.29 is 9.53 Å². The summed E-state index contributed by atoms with van der Waals surface area (Å²) < 4.78 is 7.85. The molecular weight excluding hydrogens is 302 g/mol. The van der Waals surface area contributed by atoms with Crippen LogP contribution in [0.3, 0.4) is 0 Å². The zero-order chi connectivity index (χ0) is 17.1. The van der Waals surface area contributed by atoms with E-state index in [4.69, 9.17) is 10.00 Å². The third-order valence-corrected chi connectivity index (χ3v) is 4.51. The summed E-state index contributed by atoms with van der Waals surface area (Å²) in [7, 11) is 2.01. The van der Waals surface area contributed by atoms with Gasteiger partial charge in [-0.3, -0.25) is 4.79 Å². The molecule has 0 aliphatic carbocycles. The maximum atomic E-state index is 12.8. The van der Waals surface area contributed by atoms with Crippen LogP contribution in [0.15, 0.2) is 42.6 Å². The van der Waals surface area contributed by atoms with Crippen LogP contribution in [-0.2, 0) is 11.8 Å². The number of aromatic nitrogens is 1. The standard InChI is InChI=1S/C19H21N3O2/c1-14(24-16-9-7-15(13-20)8-10-16)19(23)22-12-4-6-18(22)17-5-3-11-21(17)2/h3,5,7-11,14,18H,4,6,12H2,1-2H3/t14-,18-/m1/s1. The number of hydrogen-bond acceptors (Lipinski definition) is 3. The number of nitrogens with zero attached hydrogens (tertiary/aromatic N) is 3. The van der Waals surface area contributed by atoms with E-state index in [1.54, 1.807) is 31.2 Å². The van der Waals surface area contributed by atoms with Gasteiger partial charge in [0.25, 0.3) is 5.91 Å². The van der Waals surface area contributed by atoms with Crippen LogP contribution in [0.1, 0.15) is 37.1 Å². The van der Waals surface area contributed by atoms with Gasteiger partial charge in [-0.15, -0.1) is 0 Å². The van der Waals surface area contributed by atoms with E-state index in [9.17, 15) is 4.79 Å². The fourth-order valence-corrected chi connectivity index (χ4v) is 3.25. The molecule has 1 saturated heterocycles. The van der Waals surface area contributed by atoms with E-state index in [1.807, 2.05) is 24.2 Å². The molecule has 1 aliphatic heterocycles. The highest BCUT2D eigenvalue weighted by Crippen LogP contribution is 2.32. The number of carbonyl (C=O) groups is 1. The molecule has 1 aromatic heterocycles. The minimum atomic E-state index is -0.557. The average molecular weight is 323 g/mol. The van der Waals surface area contributed by atoms with Crippen LogP contribution >= 0.6 is 0 Å². The van der Waals surface area contributed by atoms with Crippen molar-refractivity contribution in [3.05, 3.63) is 53.9 Å². The van der Waals surface area contributed by atoms with Gasteiger partial charge in [-0.2, -0.15) is 5.26 Å². The number of hydrogen-bond donors (Lipinski definition) is 0. The lowest BCUT2D eigenvalue weighted by Gasteiger charge is -2.28. The Morgan fingerprint density at radius 2 is 2.08 bits per heavy atom. The van der Waals surface area contributed by atoms with E-state index in [1.165, 1.54) is 0 Å². The SMILES string of the molecule is C[C@@H](Oc1ccc(C#N)cc1)C(=O)N1CCC[C@@H]1c1cccn1C. The molecule has 124 valence electrons. The van der Waals surface area contributed by atoms with Gasteiger partial charge in [0.15, 0.2) is 6.10 Å². The second-order valence-corrected chi connectivity index (χ2v) is 6.13. The molecule has 3 rings (SSSR count). The molecule has 1 amide bonds. The lowest BCUT2D eigenvalue weighted by molar-refractivity contribution is -0.139. The summed E-state index contributed by atoms with van der Waals surface area (Å²) in [5.74, 6) is 0.604. The Morgan fingerprint density at radius 3 is 2.71 bits per heavy atom. The molecule has 2 aromatic rings. The second kappa shape index (κ2) is 6.79. The van der Waals surface area contributed by atoms with Crippen molar-refractivity contribution in [3.8, 4) is 11.8 Å². The Labute approximate surface area is 142 Å². The van der Waals surface area contributed by atoms with Gasteiger partial charge in [-0.05, 0) is 56.2 Å². The van der Waals surface area contributed by atoms with Crippen molar-refractivity contribution in [2.75, 3.05) is 6.54 Å². The van der Waals surface area contributed by atoms with Crippen molar-refractivity contribution in [2.24, 2.45) is 7.05 Å². The first-order valence-corrected chi connectivity index (χ1v) is 8.18. The van der Waals surface area contributed by atoms with Crippen LogP contribution in [0.2, 0.25) is 0 Å². The van der Waals surface area contributed by atoms with Crippen molar-refractivity contribution in [2.45, 2.75) is 31.9 Å². The van der Waals surface area contributed by atoms with Gasteiger partial charge in [-0.25, -0.2) is 0 Å². The number of nitriles is 1. The first kappa shape index (κ1) is 16.1. The number of aryl methyl sites for hydroxylation is 1. The van der Waals surface area contributed by atoms with E-state index < -0.39 is 6.10 Å². The fraction of sp³-hybridized carbons (Fsp3) is 0.368. The van der Waals surface area contributed by atoms with E-state index in [0.717, 1.165) is 25.1 Å².